The van der Waals surface area contributed by atoms with Crippen molar-refractivity contribution in [2.45, 2.75) is 26.3 Å². The maximum Gasteiger partial charge on any atom is 0.435 e. The third-order valence-electron chi connectivity index (χ3n) is 3.63. The number of hydrogen-bond donors (Lipinski definition) is 0. The highest BCUT2D eigenvalue weighted by Crippen LogP contribution is 2.36. The van der Waals surface area contributed by atoms with E-state index in [9.17, 15) is 26.7 Å². The Morgan fingerprint density at radius 3 is 2.65 bits per heavy atom. The third kappa shape index (κ3) is 3.16. The monoisotopic (exact) mass is 394 g/mol. The van der Waals surface area contributed by atoms with Crippen molar-refractivity contribution in [3.05, 3.63) is 38.9 Å². The first kappa shape index (κ1) is 18.3. The van der Waals surface area contributed by atoms with Gasteiger partial charge in [0.05, 0.1) is 23.8 Å². The molecule has 0 aliphatic rings. The molecule has 12 heteroatoms. The van der Waals surface area contributed by atoms with Crippen LogP contribution < -0.4 is 10.3 Å². The van der Waals surface area contributed by atoms with Crippen molar-refractivity contribution in [3.8, 4) is 5.88 Å². The molecule has 0 radical (unpaired) electrons. The maximum atomic E-state index is 13.2. The van der Waals surface area contributed by atoms with Crippen molar-refractivity contribution in [1.82, 2.24) is 19.3 Å². The quantitative estimate of drug-likeness (QED) is 0.638. The predicted molar refractivity (Wildman–Crippen MR) is 82.6 cm³/mol. The largest absolute Gasteiger partial charge is 0.435 e. The van der Waals surface area contributed by atoms with Crippen LogP contribution in [0, 0.1) is 6.92 Å². The molecular weight excluding hydrogens is 383 g/mol. The van der Waals surface area contributed by atoms with E-state index in [1.807, 2.05) is 0 Å². The normalized spacial score (nSPS) is 12.3. The first-order valence-corrected chi connectivity index (χ1v) is 7.98. The van der Waals surface area contributed by atoms with Crippen LogP contribution in [-0.2, 0) is 19.8 Å². The average molecular weight is 394 g/mol. The number of aryl methyl sites for hydroxylation is 2. The first-order valence-electron chi connectivity index (χ1n) is 7.10. The number of alkyl halides is 5. The summed E-state index contributed by atoms with van der Waals surface area (Å²) in [4.78, 5) is 17.0. The maximum absolute atomic E-state index is 13.2. The van der Waals surface area contributed by atoms with E-state index in [-0.39, 0.29) is 5.39 Å². The van der Waals surface area contributed by atoms with Gasteiger partial charge in [0.25, 0.3) is 5.56 Å². The molecule has 140 valence electrons. The number of thiophene rings is 1. The molecule has 0 saturated heterocycles. The number of nitrogens with zero attached hydrogens (tertiary/aromatic N) is 4. The van der Waals surface area contributed by atoms with Crippen LogP contribution in [0.15, 0.2) is 16.5 Å². The molecule has 0 atom stereocenters. The van der Waals surface area contributed by atoms with E-state index in [4.69, 9.17) is 0 Å². The highest BCUT2D eigenvalue weighted by Gasteiger charge is 2.40. The van der Waals surface area contributed by atoms with Crippen LogP contribution >= 0.6 is 11.3 Å². The molecule has 0 fully saturated rings. The van der Waals surface area contributed by atoms with Gasteiger partial charge in [0.1, 0.15) is 4.83 Å². The zero-order valence-corrected chi connectivity index (χ0v) is 14.2. The van der Waals surface area contributed by atoms with Crippen LogP contribution in [-0.4, -0.2) is 25.9 Å². The van der Waals surface area contributed by atoms with Gasteiger partial charge in [-0.05, 0) is 17.9 Å². The second kappa shape index (κ2) is 6.34. The van der Waals surface area contributed by atoms with Gasteiger partial charge in [-0.25, -0.2) is 9.67 Å². The Morgan fingerprint density at radius 1 is 1.35 bits per heavy atom. The Balaban J connectivity index is 2.16. The standard InChI is InChI=1S/C14H11F5N4O2S/c1-6-4-26-10-8(6)11(24)23(5-20-10)3-7-9(14(17,18)19)21-22(2)12(7)25-13(15)16/h4-5,13H,3H2,1-2H3. The van der Waals surface area contributed by atoms with Gasteiger partial charge in [-0.3, -0.25) is 9.36 Å². The molecule has 0 aliphatic heterocycles. The first-order chi connectivity index (χ1) is 12.1. The summed E-state index contributed by atoms with van der Waals surface area (Å²) < 4.78 is 70.6. The molecule has 3 heterocycles. The molecule has 0 aromatic carbocycles. The molecule has 0 spiro atoms. The molecule has 6 nitrogen and oxygen atoms in total. The molecular formula is C14H11F5N4O2S. The van der Waals surface area contributed by atoms with Gasteiger partial charge >= 0.3 is 12.8 Å². The van der Waals surface area contributed by atoms with Crippen LogP contribution in [0.3, 0.4) is 0 Å². The minimum absolute atomic E-state index is 0.270. The summed E-state index contributed by atoms with van der Waals surface area (Å²) in [5.74, 6) is -0.763. The van der Waals surface area contributed by atoms with Crippen LogP contribution in [0.1, 0.15) is 16.8 Å². The second-order valence-corrected chi connectivity index (χ2v) is 6.27. The van der Waals surface area contributed by atoms with Gasteiger partial charge < -0.3 is 4.74 Å². The van der Waals surface area contributed by atoms with Crippen molar-refractivity contribution in [2.75, 3.05) is 0 Å². The zero-order chi connectivity index (χ0) is 19.2. The van der Waals surface area contributed by atoms with Gasteiger partial charge in [-0.15, -0.1) is 11.3 Å². The van der Waals surface area contributed by atoms with E-state index in [2.05, 4.69) is 14.8 Å². The van der Waals surface area contributed by atoms with Crippen molar-refractivity contribution >= 4 is 21.6 Å². The summed E-state index contributed by atoms with van der Waals surface area (Å²) in [5, 5.41) is 5.19. The third-order valence-corrected chi connectivity index (χ3v) is 4.63. The number of fused-ring (bicyclic) bond motifs is 1. The van der Waals surface area contributed by atoms with Gasteiger partial charge in [0.2, 0.25) is 5.88 Å². The summed E-state index contributed by atoms with van der Waals surface area (Å²) in [7, 11) is 1.05. The summed E-state index contributed by atoms with van der Waals surface area (Å²) in [5.41, 5.74) is -2.02. The van der Waals surface area contributed by atoms with Crippen LogP contribution in [0.4, 0.5) is 22.0 Å². The molecule has 3 aromatic heterocycles. The lowest BCUT2D eigenvalue weighted by molar-refractivity contribution is -0.142. The Hall–Kier alpha value is -2.50. The molecule has 0 unspecified atom stereocenters. The van der Waals surface area contributed by atoms with Crippen LogP contribution in [0.2, 0.25) is 0 Å². The van der Waals surface area contributed by atoms with Crippen LogP contribution in [0.5, 0.6) is 5.88 Å². The van der Waals surface area contributed by atoms with E-state index in [0.717, 1.165) is 17.9 Å². The number of rotatable bonds is 4. The van der Waals surface area contributed by atoms with Gasteiger partial charge in [0, 0.05) is 7.05 Å². The van der Waals surface area contributed by atoms with Crippen LogP contribution in [0.25, 0.3) is 10.2 Å². The molecule has 0 bridgehead atoms. The van der Waals surface area contributed by atoms with E-state index in [0.29, 0.717) is 15.1 Å². The molecule has 0 saturated carbocycles. The van der Waals surface area contributed by atoms with E-state index < -0.39 is 42.0 Å². The van der Waals surface area contributed by atoms with Gasteiger partial charge in [-0.2, -0.15) is 27.1 Å². The Morgan fingerprint density at radius 2 is 2.04 bits per heavy atom. The lowest BCUT2D eigenvalue weighted by Gasteiger charge is -2.11. The lowest BCUT2D eigenvalue weighted by atomic mass is 10.2. The Labute approximate surface area is 146 Å². The predicted octanol–water partition coefficient (Wildman–Crippen LogP) is 3.17. The smallest absolute Gasteiger partial charge is 0.417 e. The summed E-state index contributed by atoms with van der Waals surface area (Å²) in [6.45, 7) is -2.34. The molecule has 26 heavy (non-hydrogen) atoms. The van der Waals surface area contributed by atoms with Crippen molar-refractivity contribution in [2.24, 2.45) is 7.05 Å². The Bertz CT molecular complexity index is 1020. The molecule has 0 aliphatic carbocycles. The fourth-order valence-corrected chi connectivity index (χ4v) is 3.42. The van der Waals surface area contributed by atoms with Gasteiger partial charge in [-0.1, -0.05) is 0 Å². The van der Waals surface area contributed by atoms with E-state index in [1.54, 1.807) is 12.3 Å². The molecule has 3 aromatic rings. The van der Waals surface area contributed by atoms with E-state index >= 15 is 0 Å². The van der Waals surface area contributed by atoms with Crippen molar-refractivity contribution in [3.63, 3.8) is 0 Å². The topological polar surface area (TPSA) is 61.9 Å². The van der Waals surface area contributed by atoms with Crippen molar-refractivity contribution < 1.29 is 26.7 Å². The highest BCUT2D eigenvalue weighted by atomic mass is 32.1. The zero-order valence-electron chi connectivity index (χ0n) is 13.3. The number of ether oxygens (including phenoxy) is 1. The fourth-order valence-electron chi connectivity index (χ4n) is 2.54. The second-order valence-electron chi connectivity index (χ2n) is 5.41. The minimum Gasteiger partial charge on any atom is -0.417 e. The number of halogens is 5. The minimum atomic E-state index is -4.91. The summed E-state index contributed by atoms with van der Waals surface area (Å²) in [6.07, 6.45) is -3.84. The summed E-state index contributed by atoms with van der Waals surface area (Å²) in [6, 6.07) is 0. The SMILES string of the molecule is Cc1csc2ncn(Cc3c(C(F)(F)F)nn(C)c3OC(F)F)c(=O)c12. The number of aromatic nitrogens is 4. The molecule has 0 N–H and O–H groups in total. The fraction of sp³-hybridized carbons (Fsp3) is 0.357. The Kier molecular flexibility index (Phi) is 4.46. The molecule has 3 rings (SSSR count). The average Bonchev–Trinajstić information content (AvgIpc) is 3.04. The van der Waals surface area contributed by atoms with Gasteiger partial charge in [0.15, 0.2) is 5.69 Å². The summed E-state index contributed by atoms with van der Waals surface area (Å²) >= 11 is 1.22. The van der Waals surface area contributed by atoms with Crippen molar-refractivity contribution in [1.29, 1.82) is 0 Å². The highest BCUT2D eigenvalue weighted by molar-refractivity contribution is 7.16. The lowest BCUT2D eigenvalue weighted by Crippen LogP contribution is -2.23. The number of hydrogen-bond acceptors (Lipinski definition) is 5. The van der Waals surface area contributed by atoms with E-state index in [1.165, 1.54) is 11.3 Å². The molecule has 0 amide bonds.